The number of rotatable bonds is 8. The normalized spacial score (nSPS) is 11.7. The van der Waals surface area contributed by atoms with Gasteiger partial charge in [0.15, 0.2) is 0 Å². The molecule has 0 aliphatic rings. The SMILES string of the molecule is CN(C)CCN(CC(=O)OC(C)(C)C)C(=O)CCn1[nH]c(=O)c2ccccc2c1=O. The summed E-state index contributed by atoms with van der Waals surface area (Å²) in [6.45, 7) is 6.03. The number of hydrogen-bond donors (Lipinski definition) is 1. The molecule has 0 bridgehead atoms. The number of aromatic amines is 1. The molecule has 0 saturated heterocycles. The van der Waals surface area contributed by atoms with Gasteiger partial charge in [-0.25, -0.2) is 4.68 Å². The second-order valence-electron chi connectivity index (χ2n) is 8.40. The smallest absolute Gasteiger partial charge is 0.326 e. The number of aromatic nitrogens is 2. The molecule has 1 N–H and O–H groups in total. The Labute approximate surface area is 175 Å². The Hall–Kier alpha value is -2.94. The molecule has 1 aromatic heterocycles. The summed E-state index contributed by atoms with van der Waals surface area (Å²) in [6.07, 6.45) is -0.0373. The summed E-state index contributed by atoms with van der Waals surface area (Å²) < 4.78 is 6.46. The molecule has 1 heterocycles. The van der Waals surface area contributed by atoms with E-state index in [-0.39, 0.29) is 31.0 Å². The first kappa shape index (κ1) is 23.3. The van der Waals surface area contributed by atoms with Crippen LogP contribution in [0.3, 0.4) is 0 Å². The summed E-state index contributed by atoms with van der Waals surface area (Å²) in [6, 6.07) is 6.53. The summed E-state index contributed by atoms with van der Waals surface area (Å²) in [5.41, 5.74) is -1.41. The second-order valence-corrected chi connectivity index (χ2v) is 8.40. The van der Waals surface area contributed by atoms with Crippen LogP contribution in [0, 0.1) is 0 Å². The first-order valence-corrected chi connectivity index (χ1v) is 9.84. The van der Waals surface area contributed by atoms with Crippen molar-refractivity contribution in [1.82, 2.24) is 19.6 Å². The van der Waals surface area contributed by atoms with Crippen molar-refractivity contribution < 1.29 is 14.3 Å². The lowest BCUT2D eigenvalue weighted by Crippen LogP contribution is -2.42. The van der Waals surface area contributed by atoms with Gasteiger partial charge in [0, 0.05) is 19.5 Å². The van der Waals surface area contributed by atoms with Gasteiger partial charge in [-0.1, -0.05) is 12.1 Å². The average molecular weight is 418 g/mol. The van der Waals surface area contributed by atoms with Crippen molar-refractivity contribution in [2.24, 2.45) is 0 Å². The van der Waals surface area contributed by atoms with Crippen LogP contribution >= 0.6 is 0 Å². The van der Waals surface area contributed by atoms with Crippen molar-refractivity contribution in [2.75, 3.05) is 33.7 Å². The van der Waals surface area contributed by atoms with Crippen LogP contribution in [0.4, 0.5) is 0 Å². The molecule has 0 saturated carbocycles. The Morgan fingerprint density at radius 1 is 1.07 bits per heavy atom. The van der Waals surface area contributed by atoms with E-state index in [4.69, 9.17) is 4.74 Å². The molecule has 2 rings (SSSR count). The second kappa shape index (κ2) is 9.71. The van der Waals surface area contributed by atoms with Gasteiger partial charge in [-0.05, 0) is 47.0 Å². The molecule has 9 heteroatoms. The number of amides is 1. The van der Waals surface area contributed by atoms with Crippen LogP contribution in [0.1, 0.15) is 27.2 Å². The fraction of sp³-hybridized carbons (Fsp3) is 0.524. The van der Waals surface area contributed by atoms with Gasteiger partial charge in [0.05, 0.1) is 17.3 Å². The van der Waals surface area contributed by atoms with Gasteiger partial charge >= 0.3 is 5.97 Å². The predicted octanol–water partition coefficient (Wildman–Crippen LogP) is 0.812. The topological polar surface area (TPSA) is 105 Å². The number of nitrogens with zero attached hydrogens (tertiary/aromatic N) is 3. The monoisotopic (exact) mass is 418 g/mol. The summed E-state index contributed by atoms with van der Waals surface area (Å²) in [4.78, 5) is 53.1. The molecule has 0 radical (unpaired) electrons. The highest BCUT2D eigenvalue weighted by Crippen LogP contribution is 2.08. The van der Waals surface area contributed by atoms with Crippen LogP contribution in [-0.4, -0.2) is 70.8 Å². The number of nitrogens with one attached hydrogen (secondary N) is 1. The maximum absolute atomic E-state index is 12.8. The molecule has 30 heavy (non-hydrogen) atoms. The Morgan fingerprint density at radius 2 is 1.70 bits per heavy atom. The molecule has 0 aliphatic carbocycles. The van der Waals surface area contributed by atoms with E-state index in [9.17, 15) is 19.2 Å². The molecule has 0 atom stereocenters. The minimum Gasteiger partial charge on any atom is -0.459 e. The average Bonchev–Trinajstić information content (AvgIpc) is 2.65. The standard InChI is InChI=1S/C21H30N4O5/c1-21(2,3)30-18(27)14-24(13-12-23(4)5)17(26)10-11-25-20(29)16-9-7-6-8-15(16)19(28)22-25/h6-9H,10-14H2,1-5H3,(H,22,28). The minimum atomic E-state index is -0.648. The van der Waals surface area contributed by atoms with Crippen LogP contribution in [0.5, 0.6) is 0 Å². The van der Waals surface area contributed by atoms with Crippen LogP contribution in [0.2, 0.25) is 0 Å². The third kappa shape index (κ3) is 6.55. The van der Waals surface area contributed by atoms with E-state index < -0.39 is 17.1 Å². The number of benzene rings is 1. The zero-order valence-electron chi connectivity index (χ0n) is 18.2. The van der Waals surface area contributed by atoms with E-state index >= 15 is 0 Å². The van der Waals surface area contributed by atoms with Crippen molar-refractivity contribution >= 4 is 22.6 Å². The molecule has 0 unspecified atom stereocenters. The Balaban J connectivity index is 2.14. The first-order valence-electron chi connectivity index (χ1n) is 9.84. The Kier molecular flexibility index (Phi) is 7.55. The van der Waals surface area contributed by atoms with Gasteiger partial charge in [-0.2, -0.15) is 0 Å². The summed E-state index contributed by atoms with van der Waals surface area (Å²) in [5.74, 6) is -0.797. The minimum absolute atomic E-state index is 0.00449. The number of ether oxygens (including phenoxy) is 1. The quantitative estimate of drug-likeness (QED) is 0.636. The molecule has 1 aromatic carbocycles. The highest BCUT2D eigenvalue weighted by Gasteiger charge is 2.22. The lowest BCUT2D eigenvalue weighted by atomic mass is 10.2. The van der Waals surface area contributed by atoms with Crippen LogP contribution in [-0.2, 0) is 20.9 Å². The van der Waals surface area contributed by atoms with Crippen molar-refractivity contribution in [1.29, 1.82) is 0 Å². The molecular weight excluding hydrogens is 388 g/mol. The zero-order chi connectivity index (χ0) is 22.5. The van der Waals surface area contributed by atoms with E-state index in [1.165, 1.54) is 4.90 Å². The highest BCUT2D eigenvalue weighted by molar-refractivity contribution is 5.82. The zero-order valence-corrected chi connectivity index (χ0v) is 18.2. The fourth-order valence-corrected chi connectivity index (χ4v) is 2.91. The maximum Gasteiger partial charge on any atom is 0.326 e. The number of carbonyl (C=O) groups excluding carboxylic acids is 2. The fourth-order valence-electron chi connectivity index (χ4n) is 2.91. The Bertz CT molecular complexity index is 1020. The number of aryl methyl sites for hydroxylation is 1. The van der Waals surface area contributed by atoms with E-state index in [1.807, 2.05) is 19.0 Å². The lowest BCUT2D eigenvalue weighted by molar-refractivity contribution is -0.159. The molecule has 0 fully saturated rings. The van der Waals surface area contributed by atoms with Gasteiger partial charge in [0.1, 0.15) is 12.1 Å². The van der Waals surface area contributed by atoms with Crippen molar-refractivity contribution in [3.63, 3.8) is 0 Å². The van der Waals surface area contributed by atoms with Crippen LogP contribution in [0.15, 0.2) is 33.9 Å². The summed E-state index contributed by atoms with van der Waals surface area (Å²) in [5, 5.41) is 3.12. The highest BCUT2D eigenvalue weighted by atomic mass is 16.6. The number of H-pyrrole nitrogens is 1. The number of fused-ring (bicyclic) bond motifs is 1. The summed E-state index contributed by atoms with van der Waals surface area (Å²) in [7, 11) is 3.74. The molecule has 0 aliphatic heterocycles. The molecule has 9 nitrogen and oxygen atoms in total. The molecular formula is C21H30N4O5. The summed E-state index contributed by atoms with van der Waals surface area (Å²) >= 11 is 0. The van der Waals surface area contributed by atoms with E-state index in [0.29, 0.717) is 23.9 Å². The third-order valence-corrected chi connectivity index (χ3v) is 4.34. The van der Waals surface area contributed by atoms with Gasteiger partial charge in [0.2, 0.25) is 5.91 Å². The van der Waals surface area contributed by atoms with Crippen molar-refractivity contribution in [3.05, 3.63) is 45.0 Å². The number of hydrogen-bond acceptors (Lipinski definition) is 6. The molecule has 0 spiro atoms. The third-order valence-electron chi connectivity index (χ3n) is 4.34. The van der Waals surface area contributed by atoms with Gasteiger partial charge in [-0.15, -0.1) is 0 Å². The van der Waals surface area contributed by atoms with Crippen molar-refractivity contribution in [2.45, 2.75) is 39.3 Å². The van der Waals surface area contributed by atoms with E-state index in [2.05, 4.69) is 5.10 Å². The van der Waals surface area contributed by atoms with Crippen molar-refractivity contribution in [3.8, 4) is 0 Å². The first-order chi connectivity index (χ1) is 14.0. The Morgan fingerprint density at radius 3 is 2.30 bits per heavy atom. The van der Waals surface area contributed by atoms with Gasteiger partial charge in [-0.3, -0.25) is 24.3 Å². The number of carbonyl (C=O) groups is 2. The largest absolute Gasteiger partial charge is 0.459 e. The lowest BCUT2D eigenvalue weighted by Gasteiger charge is -2.26. The maximum atomic E-state index is 12.8. The number of esters is 1. The number of likely N-dealkylation sites (N-methyl/N-ethyl adjacent to an activating group) is 1. The molecule has 164 valence electrons. The van der Waals surface area contributed by atoms with Crippen LogP contribution in [0.25, 0.3) is 10.8 Å². The molecule has 1 amide bonds. The van der Waals surface area contributed by atoms with Crippen LogP contribution < -0.4 is 11.1 Å². The van der Waals surface area contributed by atoms with E-state index in [1.54, 1.807) is 45.0 Å². The van der Waals surface area contributed by atoms with E-state index in [0.717, 1.165) is 4.68 Å². The predicted molar refractivity (Wildman–Crippen MR) is 114 cm³/mol. The van der Waals surface area contributed by atoms with Gasteiger partial charge < -0.3 is 14.5 Å². The molecule has 2 aromatic rings. The van der Waals surface area contributed by atoms with Gasteiger partial charge in [0.25, 0.3) is 11.1 Å².